The monoisotopic (exact) mass is 341 g/mol. The molecule has 138 valence electrons. The van der Waals surface area contributed by atoms with E-state index in [1.54, 1.807) is 0 Å². The summed E-state index contributed by atoms with van der Waals surface area (Å²) in [5, 5.41) is 1.14. The molecule has 0 N–H and O–H groups in total. The highest BCUT2D eigenvalue weighted by molar-refractivity contribution is 5.80. The van der Waals surface area contributed by atoms with Crippen LogP contribution in [-0.4, -0.2) is 0 Å². The van der Waals surface area contributed by atoms with Crippen LogP contribution in [0, 0.1) is 6.92 Å². The molecule has 0 spiro atoms. The van der Waals surface area contributed by atoms with Crippen LogP contribution in [0.2, 0.25) is 0 Å². The Morgan fingerprint density at radius 1 is 0.600 bits per heavy atom. The Labute approximate surface area is 155 Å². The summed E-state index contributed by atoms with van der Waals surface area (Å²) in [7, 11) is 0. The lowest BCUT2D eigenvalue weighted by atomic mass is 10.1. The molecule has 1 heterocycles. The molecular formula is C24H37O+. The largest absolute Gasteiger partial charge is 0.363 e. The predicted octanol–water partition coefficient (Wildman–Crippen LogP) is 8.79. The minimum Gasteiger partial charge on any atom is -0.207 e. The second kappa shape index (κ2) is 16.7. The molecular weight excluding hydrogens is 304 g/mol. The topological polar surface area (TPSA) is 11.3 Å². The first-order chi connectivity index (χ1) is 12.3. The smallest absolute Gasteiger partial charge is 0.207 e. The third-order valence-corrected chi connectivity index (χ3v) is 2.90. The van der Waals surface area contributed by atoms with Crippen molar-refractivity contribution in [3.63, 3.8) is 0 Å². The van der Waals surface area contributed by atoms with Crippen LogP contribution >= 0.6 is 0 Å². The third kappa shape index (κ3) is 7.98. The van der Waals surface area contributed by atoms with E-state index in [1.807, 2.05) is 91.8 Å². The maximum Gasteiger partial charge on any atom is 0.363 e. The third-order valence-electron chi connectivity index (χ3n) is 2.90. The Balaban J connectivity index is 0. The maximum absolute atomic E-state index is 5.98. The number of para-hydroxylation sites is 1. The Morgan fingerprint density at radius 2 is 1.08 bits per heavy atom. The van der Waals surface area contributed by atoms with Crippen molar-refractivity contribution >= 4 is 11.0 Å². The molecule has 0 aliphatic heterocycles. The van der Waals surface area contributed by atoms with E-state index in [4.69, 9.17) is 4.42 Å². The molecule has 1 nitrogen and oxygen atoms in total. The minimum atomic E-state index is 0.928. The van der Waals surface area contributed by atoms with Gasteiger partial charge >= 0.3 is 11.3 Å². The second-order valence-corrected chi connectivity index (χ2v) is 4.16. The van der Waals surface area contributed by atoms with E-state index in [-0.39, 0.29) is 0 Å². The summed E-state index contributed by atoms with van der Waals surface area (Å²) in [6.45, 7) is 18.1. The van der Waals surface area contributed by atoms with Gasteiger partial charge in [0.25, 0.3) is 0 Å². The number of hydrogen-bond donors (Lipinski definition) is 0. The molecule has 0 radical (unpaired) electrons. The molecule has 2 aromatic carbocycles. The van der Waals surface area contributed by atoms with E-state index < -0.39 is 0 Å². The second-order valence-electron chi connectivity index (χ2n) is 4.16. The summed E-state index contributed by atoms with van der Waals surface area (Å²) in [6.07, 6.45) is 0. The average Bonchev–Trinajstić information content (AvgIpc) is 2.74. The first kappa shape index (κ1) is 25.1. The molecule has 1 aromatic heterocycles. The van der Waals surface area contributed by atoms with Crippen molar-refractivity contribution < 1.29 is 4.42 Å². The first-order valence-corrected chi connectivity index (χ1v) is 9.72. The van der Waals surface area contributed by atoms with Crippen LogP contribution < -0.4 is 0 Å². The first-order valence-electron chi connectivity index (χ1n) is 9.72. The number of fused-ring (bicyclic) bond motifs is 1. The average molecular weight is 342 g/mol. The molecule has 0 saturated carbocycles. The summed E-state index contributed by atoms with van der Waals surface area (Å²) >= 11 is 0. The van der Waals surface area contributed by atoms with E-state index in [0.717, 1.165) is 27.9 Å². The lowest BCUT2D eigenvalue weighted by molar-refractivity contribution is 0.615. The minimum absolute atomic E-state index is 0.928. The molecule has 0 fully saturated rings. The number of rotatable bonds is 1. The highest BCUT2D eigenvalue weighted by Crippen LogP contribution is 2.27. The van der Waals surface area contributed by atoms with Gasteiger partial charge in [0.1, 0.15) is 0 Å². The summed E-state index contributed by atoms with van der Waals surface area (Å²) in [6, 6.07) is 20.5. The fraction of sp³-hybridized carbons (Fsp3) is 0.375. The fourth-order valence-electron chi connectivity index (χ4n) is 2.06. The standard InChI is InChI=1S/C16H13O.4C2H6/c1-12-11-14-9-5-6-10-15(14)17-16(12)13-7-3-2-4-8-13;4*1-2/h2-11H,1H3;4*1-2H3/q+1;;;;. The van der Waals surface area contributed by atoms with Crippen LogP contribution in [0.1, 0.15) is 61.0 Å². The van der Waals surface area contributed by atoms with Crippen molar-refractivity contribution in [3.8, 4) is 11.3 Å². The van der Waals surface area contributed by atoms with Gasteiger partial charge in [-0.05, 0) is 31.2 Å². The van der Waals surface area contributed by atoms with Gasteiger partial charge in [0, 0.05) is 6.07 Å². The number of hydrogen-bond acceptors (Lipinski definition) is 0. The van der Waals surface area contributed by atoms with Crippen molar-refractivity contribution in [3.05, 3.63) is 66.2 Å². The zero-order valence-corrected chi connectivity index (χ0v) is 17.7. The van der Waals surface area contributed by atoms with Crippen LogP contribution in [0.3, 0.4) is 0 Å². The highest BCUT2D eigenvalue weighted by Gasteiger charge is 2.17. The van der Waals surface area contributed by atoms with Gasteiger partial charge in [-0.25, -0.2) is 4.42 Å². The summed E-state index contributed by atoms with van der Waals surface area (Å²) in [5.74, 6) is 0.948. The van der Waals surface area contributed by atoms with E-state index in [2.05, 4.69) is 31.2 Å². The SMILES string of the molecule is CC.CC.CC.CC.Cc1cc2ccccc2[o+]c1-c1ccccc1. The van der Waals surface area contributed by atoms with E-state index in [9.17, 15) is 0 Å². The van der Waals surface area contributed by atoms with Crippen LogP contribution in [0.4, 0.5) is 0 Å². The van der Waals surface area contributed by atoms with Crippen molar-refractivity contribution in [2.45, 2.75) is 62.3 Å². The quantitative estimate of drug-likeness (QED) is 0.402. The van der Waals surface area contributed by atoms with Crippen molar-refractivity contribution in [1.29, 1.82) is 0 Å². The fourth-order valence-corrected chi connectivity index (χ4v) is 2.06. The molecule has 0 aliphatic carbocycles. The van der Waals surface area contributed by atoms with Gasteiger partial charge in [0.2, 0.25) is 0 Å². The van der Waals surface area contributed by atoms with Crippen molar-refractivity contribution in [2.24, 2.45) is 0 Å². The normalized spacial score (nSPS) is 8.20. The van der Waals surface area contributed by atoms with E-state index >= 15 is 0 Å². The van der Waals surface area contributed by atoms with Gasteiger partial charge in [0.15, 0.2) is 0 Å². The Bertz CT molecular complexity index is 657. The van der Waals surface area contributed by atoms with Gasteiger partial charge in [-0.1, -0.05) is 85.7 Å². The number of aryl methyl sites for hydroxylation is 1. The molecule has 3 aromatic rings. The van der Waals surface area contributed by atoms with Crippen LogP contribution in [0.25, 0.3) is 22.3 Å². The zero-order chi connectivity index (χ0) is 19.7. The molecule has 0 atom stereocenters. The molecule has 0 bridgehead atoms. The number of benzene rings is 2. The highest BCUT2D eigenvalue weighted by atomic mass is 16.3. The zero-order valence-electron chi connectivity index (χ0n) is 17.7. The van der Waals surface area contributed by atoms with Crippen LogP contribution in [0.15, 0.2) is 65.1 Å². The van der Waals surface area contributed by atoms with Gasteiger partial charge in [-0.2, -0.15) is 0 Å². The van der Waals surface area contributed by atoms with Gasteiger partial charge in [-0.3, -0.25) is 0 Å². The van der Waals surface area contributed by atoms with Crippen molar-refractivity contribution in [2.75, 3.05) is 0 Å². The molecule has 0 aliphatic rings. The summed E-state index contributed by atoms with van der Waals surface area (Å²) in [5.41, 5.74) is 3.21. The molecule has 25 heavy (non-hydrogen) atoms. The van der Waals surface area contributed by atoms with Gasteiger partial charge < -0.3 is 0 Å². The maximum atomic E-state index is 5.98. The van der Waals surface area contributed by atoms with Gasteiger partial charge in [0.05, 0.1) is 16.5 Å². The summed E-state index contributed by atoms with van der Waals surface area (Å²) in [4.78, 5) is 0. The molecule has 0 amide bonds. The van der Waals surface area contributed by atoms with E-state index in [1.165, 1.54) is 0 Å². The Morgan fingerprint density at radius 3 is 1.64 bits per heavy atom. The molecule has 0 saturated heterocycles. The van der Waals surface area contributed by atoms with Crippen LogP contribution in [-0.2, 0) is 0 Å². The van der Waals surface area contributed by atoms with Crippen molar-refractivity contribution in [1.82, 2.24) is 0 Å². The molecule has 1 heteroatoms. The Kier molecular flexibility index (Phi) is 16.8. The van der Waals surface area contributed by atoms with Gasteiger partial charge in [-0.15, -0.1) is 0 Å². The van der Waals surface area contributed by atoms with Crippen LogP contribution in [0.5, 0.6) is 0 Å². The lowest BCUT2D eigenvalue weighted by Gasteiger charge is -1.96. The Hall–Kier alpha value is -2.15. The molecule has 3 rings (SSSR count). The van der Waals surface area contributed by atoms with E-state index in [0.29, 0.717) is 0 Å². The lowest BCUT2D eigenvalue weighted by Crippen LogP contribution is -1.84. The summed E-state index contributed by atoms with van der Waals surface area (Å²) < 4.78 is 5.98. The molecule has 0 unspecified atom stereocenters. The predicted molar refractivity (Wildman–Crippen MR) is 116 cm³/mol.